The van der Waals surface area contributed by atoms with Crippen LogP contribution in [0.2, 0.25) is 0 Å². The van der Waals surface area contributed by atoms with Gasteiger partial charge in [0.1, 0.15) is 19.3 Å². The van der Waals surface area contributed by atoms with E-state index in [1.165, 1.54) is 0 Å². The van der Waals surface area contributed by atoms with Gasteiger partial charge in [0.25, 0.3) is 5.91 Å². The summed E-state index contributed by atoms with van der Waals surface area (Å²) in [6, 6.07) is 4.59. The fourth-order valence-electron chi connectivity index (χ4n) is 4.50. The Bertz CT molecular complexity index is 1040. The van der Waals surface area contributed by atoms with Gasteiger partial charge in [-0.05, 0) is 37.6 Å². The molecule has 1 atom stereocenters. The standard InChI is InChI=1S/C24H33N5O4/c1-24(2,3)21(22(30)25-4)29(16-7-8-18-19(13-16)33-12-11-32-18)23(31)20-17-14-27(5)9-6-10-28(17)15-26-20/h7-8,13,15,21H,6,9-12,14H2,1-5H3,(H,25,30)/t21-/m1/s1. The number of aromatic nitrogens is 2. The summed E-state index contributed by atoms with van der Waals surface area (Å²) < 4.78 is 13.5. The molecule has 0 saturated carbocycles. The smallest absolute Gasteiger partial charge is 0.279 e. The number of carbonyl (C=O) groups is 2. The average Bonchev–Trinajstić information content (AvgIpc) is 3.07. The zero-order valence-corrected chi connectivity index (χ0v) is 20.1. The minimum absolute atomic E-state index is 0.242. The predicted molar refractivity (Wildman–Crippen MR) is 125 cm³/mol. The Morgan fingerprint density at radius 3 is 2.58 bits per heavy atom. The summed E-state index contributed by atoms with van der Waals surface area (Å²) in [5, 5.41) is 2.74. The third kappa shape index (κ3) is 4.55. The number of nitrogens with one attached hydrogen (secondary N) is 1. The van der Waals surface area contributed by atoms with Crippen molar-refractivity contribution in [2.45, 2.75) is 46.3 Å². The highest BCUT2D eigenvalue weighted by atomic mass is 16.6. The van der Waals surface area contributed by atoms with Crippen LogP contribution < -0.4 is 19.7 Å². The number of nitrogens with zero attached hydrogens (tertiary/aromatic N) is 4. The molecule has 9 heteroatoms. The summed E-state index contributed by atoms with van der Waals surface area (Å²) in [6.07, 6.45) is 2.72. The first-order valence-electron chi connectivity index (χ1n) is 11.4. The molecule has 0 bridgehead atoms. The van der Waals surface area contributed by atoms with Gasteiger partial charge in [0.15, 0.2) is 17.2 Å². The Hall–Kier alpha value is -3.07. The minimum atomic E-state index is -0.765. The van der Waals surface area contributed by atoms with E-state index >= 15 is 0 Å². The van der Waals surface area contributed by atoms with Gasteiger partial charge in [-0.1, -0.05) is 20.8 Å². The molecule has 0 spiro atoms. The Balaban J connectivity index is 1.84. The van der Waals surface area contributed by atoms with Gasteiger partial charge in [-0.25, -0.2) is 4.98 Å². The molecule has 9 nitrogen and oxygen atoms in total. The highest BCUT2D eigenvalue weighted by molar-refractivity contribution is 6.09. The van der Waals surface area contributed by atoms with Crippen molar-refractivity contribution in [2.24, 2.45) is 5.41 Å². The van der Waals surface area contributed by atoms with E-state index in [-0.39, 0.29) is 11.8 Å². The molecule has 0 radical (unpaired) electrons. The first-order valence-corrected chi connectivity index (χ1v) is 11.4. The minimum Gasteiger partial charge on any atom is -0.486 e. The number of amides is 2. The lowest BCUT2D eigenvalue weighted by atomic mass is 9.84. The predicted octanol–water partition coefficient (Wildman–Crippen LogP) is 2.30. The normalized spacial score (nSPS) is 17.0. The number of aryl methyl sites for hydroxylation is 1. The van der Waals surface area contributed by atoms with Crippen LogP contribution in [0.1, 0.15) is 43.4 Å². The van der Waals surface area contributed by atoms with Gasteiger partial charge in [0, 0.05) is 31.9 Å². The van der Waals surface area contributed by atoms with E-state index in [4.69, 9.17) is 9.47 Å². The molecule has 2 aromatic rings. The number of ether oxygens (including phenoxy) is 2. The lowest BCUT2D eigenvalue weighted by Gasteiger charge is -2.39. The third-order valence-corrected chi connectivity index (χ3v) is 6.10. The Kier molecular flexibility index (Phi) is 6.34. The first-order chi connectivity index (χ1) is 15.7. The number of carbonyl (C=O) groups excluding carboxylic acids is 2. The summed E-state index contributed by atoms with van der Waals surface area (Å²) in [6.45, 7) is 9.14. The van der Waals surface area contributed by atoms with Gasteiger partial charge >= 0.3 is 0 Å². The number of rotatable bonds is 4. The average molecular weight is 456 g/mol. The summed E-state index contributed by atoms with van der Waals surface area (Å²) in [4.78, 5) is 35.6. The highest BCUT2D eigenvalue weighted by Gasteiger charge is 2.41. The van der Waals surface area contributed by atoms with Crippen molar-refractivity contribution >= 4 is 17.5 Å². The number of benzene rings is 1. The Labute approximate surface area is 194 Å². The van der Waals surface area contributed by atoms with Crippen molar-refractivity contribution in [1.82, 2.24) is 19.8 Å². The van der Waals surface area contributed by atoms with Crippen molar-refractivity contribution in [3.63, 3.8) is 0 Å². The van der Waals surface area contributed by atoms with E-state index in [0.29, 0.717) is 42.6 Å². The number of anilines is 1. The van der Waals surface area contributed by atoms with Crippen LogP contribution in [0.5, 0.6) is 11.5 Å². The highest BCUT2D eigenvalue weighted by Crippen LogP contribution is 2.38. The SMILES string of the molecule is CNC(=O)[C@@H](N(C(=O)c1ncn2c1CN(C)CCC2)c1ccc2c(c1)OCCO2)C(C)(C)C. The van der Waals surface area contributed by atoms with E-state index in [9.17, 15) is 9.59 Å². The Morgan fingerprint density at radius 1 is 1.15 bits per heavy atom. The number of hydrogen-bond acceptors (Lipinski definition) is 6. The maximum absolute atomic E-state index is 14.2. The number of fused-ring (bicyclic) bond motifs is 2. The van der Waals surface area contributed by atoms with Crippen LogP contribution in [0.25, 0.3) is 0 Å². The van der Waals surface area contributed by atoms with Crippen molar-refractivity contribution in [2.75, 3.05) is 38.8 Å². The van der Waals surface area contributed by atoms with Crippen molar-refractivity contribution in [3.05, 3.63) is 35.9 Å². The zero-order valence-electron chi connectivity index (χ0n) is 20.1. The molecule has 2 aliphatic rings. The van der Waals surface area contributed by atoms with Crippen LogP contribution >= 0.6 is 0 Å². The van der Waals surface area contributed by atoms with Gasteiger partial charge in [-0.3, -0.25) is 14.5 Å². The molecule has 0 fully saturated rings. The second kappa shape index (κ2) is 9.05. The summed E-state index contributed by atoms with van der Waals surface area (Å²) >= 11 is 0. The van der Waals surface area contributed by atoms with Gasteiger partial charge in [0.05, 0.1) is 12.0 Å². The molecule has 0 unspecified atom stereocenters. The van der Waals surface area contributed by atoms with Crippen LogP contribution in [-0.4, -0.2) is 66.2 Å². The molecule has 1 aromatic heterocycles. The maximum Gasteiger partial charge on any atom is 0.279 e. The lowest BCUT2D eigenvalue weighted by Crippen LogP contribution is -2.56. The molecule has 178 valence electrons. The lowest BCUT2D eigenvalue weighted by molar-refractivity contribution is -0.124. The van der Waals surface area contributed by atoms with Gasteiger partial charge in [-0.2, -0.15) is 0 Å². The van der Waals surface area contributed by atoms with E-state index in [0.717, 1.165) is 25.2 Å². The summed E-state index contributed by atoms with van der Waals surface area (Å²) in [7, 11) is 3.63. The van der Waals surface area contributed by atoms with Crippen LogP contribution in [0, 0.1) is 5.41 Å². The third-order valence-electron chi connectivity index (χ3n) is 6.10. The van der Waals surface area contributed by atoms with Crippen molar-refractivity contribution in [3.8, 4) is 11.5 Å². The molecule has 1 aromatic carbocycles. The first kappa shape index (κ1) is 23.1. The second-order valence-corrected chi connectivity index (χ2v) is 9.71. The van der Waals surface area contributed by atoms with Crippen LogP contribution in [0.15, 0.2) is 24.5 Å². The summed E-state index contributed by atoms with van der Waals surface area (Å²) in [5.41, 5.74) is 1.26. The fourth-order valence-corrected chi connectivity index (χ4v) is 4.50. The van der Waals surface area contributed by atoms with Crippen LogP contribution in [-0.2, 0) is 17.9 Å². The van der Waals surface area contributed by atoms with Gasteiger partial charge < -0.3 is 24.3 Å². The molecule has 3 heterocycles. The molecule has 33 heavy (non-hydrogen) atoms. The number of imidazole rings is 1. The molecule has 2 aliphatic heterocycles. The van der Waals surface area contributed by atoms with Crippen LogP contribution in [0.4, 0.5) is 5.69 Å². The zero-order chi connectivity index (χ0) is 23.8. The van der Waals surface area contributed by atoms with Gasteiger partial charge in [0.2, 0.25) is 5.91 Å². The largest absolute Gasteiger partial charge is 0.486 e. The monoisotopic (exact) mass is 455 g/mol. The number of likely N-dealkylation sites (N-methyl/N-ethyl adjacent to an activating group) is 1. The molecule has 1 N–H and O–H groups in total. The number of hydrogen-bond donors (Lipinski definition) is 1. The van der Waals surface area contributed by atoms with Gasteiger partial charge in [-0.15, -0.1) is 0 Å². The maximum atomic E-state index is 14.2. The quantitative estimate of drug-likeness (QED) is 0.761. The summed E-state index contributed by atoms with van der Waals surface area (Å²) in [5.74, 6) is 0.638. The molecular weight excluding hydrogens is 422 g/mol. The molecule has 2 amide bonds. The van der Waals surface area contributed by atoms with Crippen LogP contribution in [0.3, 0.4) is 0 Å². The fraction of sp³-hybridized carbons (Fsp3) is 0.542. The van der Waals surface area contributed by atoms with Crippen molar-refractivity contribution in [1.29, 1.82) is 0 Å². The van der Waals surface area contributed by atoms with Crippen molar-refractivity contribution < 1.29 is 19.1 Å². The second-order valence-electron chi connectivity index (χ2n) is 9.71. The molecular formula is C24H33N5O4. The van der Waals surface area contributed by atoms with E-state index in [1.54, 1.807) is 36.5 Å². The Morgan fingerprint density at radius 2 is 1.88 bits per heavy atom. The molecule has 0 saturated heterocycles. The molecule has 0 aliphatic carbocycles. The van der Waals surface area contributed by atoms with E-state index in [1.807, 2.05) is 32.4 Å². The van der Waals surface area contributed by atoms with E-state index < -0.39 is 11.5 Å². The van der Waals surface area contributed by atoms with E-state index in [2.05, 4.69) is 15.2 Å². The topological polar surface area (TPSA) is 88.9 Å². The molecule has 4 rings (SSSR count).